The third-order valence-corrected chi connectivity index (χ3v) is 7.29. The molecule has 0 unspecified atom stereocenters. The molecule has 8 heteroatoms. The second-order valence-corrected chi connectivity index (χ2v) is 10.1. The fraction of sp³-hybridized carbons (Fsp3) is 0.478. The Balaban J connectivity index is 1.43. The highest BCUT2D eigenvalue weighted by Gasteiger charge is 2.18. The van der Waals surface area contributed by atoms with Gasteiger partial charge in [-0.05, 0) is 61.4 Å². The molecule has 0 saturated carbocycles. The number of anilines is 1. The van der Waals surface area contributed by atoms with Gasteiger partial charge in [0.05, 0.1) is 4.90 Å². The minimum atomic E-state index is -3.64. The van der Waals surface area contributed by atoms with Gasteiger partial charge in [-0.2, -0.15) is 0 Å². The quantitative estimate of drug-likeness (QED) is 0.653. The number of rotatable bonds is 8. The molecule has 0 aliphatic carbocycles. The topological polar surface area (TPSA) is 91.4 Å². The number of aromatic nitrogens is 1. The number of amides is 1. The zero-order valence-corrected chi connectivity index (χ0v) is 19.3. The average Bonchev–Trinajstić information content (AvgIpc) is 2.75. The second kappa shape index (κ2) is 10.2. The molecule has 2 N–H and O–H groups in total. The third-order valence-electron chi connectivity index (χ3n) is 5.68. The molecule has 1 aliphatic rings. The molecule has 1 aromatic carbocycles. The van der Waals surface area contributed by atoms with Gasteiger partial charge >= 0.3 is 0 Å². The molecule has 3 rings (SSSR count). The molecule has 0 spiro atoms. The number of aryl methyl sites for hydroxylation is 2. The number of benzene rings is 1. The number of carbonyl (C=O) groups is 1. The van der Waals surface area contributed by atoms with E-state index in [1.807, 2.05) is 25.1 Å². The zero-order chi connectivity index (χ0) is 22.4. The van der Waals surface area contributed by atoms with Gasteiger partial charge < -0.3 is 10.2 Å². The van der Waals surface area contributed by atoms with Gasteiger partial charge in [0.2, 0.25) is 15.9 Å². The number of piperidine rings is 1. The highest BCUT2D eigenvalue weighted by molar-refractivity contribution is 7.89. The summed E-state index contributed by atoms with van der Waals surface area (Å²) in [6.07, 6.45) is 4.23. The van der Waals surface area contributed by atoms with Crippen LogP contribution < -0.4 is 14.9 Å². The van der Waals surface area contributed by atoms with Gasteiger partial charge in [0.15, 0.2) is 0 Å². The van der Waals surface area contributed by atoms with Gasteiger partial charge in [0.25, 0.3) is 0 Å². The molecule has 1 fully saturated rings. The van der Waals surface area contributed by atoms with Crippen LogP contribution in [0.4, 0.5) is 5.82 Å². The molecular weight excluding hydrogens is 412 g/mol. The van der Waals surface area contributed by atoms with E-state index in [2.05, 4.69) is 26.8 Å². The minimum absolute atomic E-state index is 0.0477. The normalized spacial score (nSPS) is 15.1. The van der Waals surface area contributed by atoms with Crippen molar-refractivity contribution in [1.29, 1.82) is 0 Å². The maximum atomic E-state index is 12.5. The molecule has 0 radical (unpaired) electrons. The first kappa shape index (κ1) is 23.2. The molecule has 0 bridgehead atoms. The maximum absolute atomic E-state index is 12.5. The summed E-state index contributed by atoms with van der Waals surface area (Å²) in [5.74, 6) is 1.54. The van der Waals surface area contributed by atoms with Crippen LogP contribution in [0.1, 0.15) is 42.9 Å². The van der Waals surface area contributed by atoms with Gasteiger partial charge in [-0.1, -0.05) is 25.1 Å². The summed E-state index contributed by atoms with van der Waals surface area (Å²) in [6, 6.07) is 9.26. The molecule has 2 aromatic rings. The predicted octanol–water partition coefficient (Wildman–Crippen LogP) is 2.92. The Bertz CT molecular complexity index is 998. The Hall–Kier alpha value is -2.45. The van der Waals surface area contributed by atoms with Crippen LogP contribution in [0.3, 0.4) is 0 Å². The fourth-order valence-corrected chi connectivity index (χ4v) is 4.97. The lowest BCUT2D eigenvalue weighted by atomic mass is 9.99. The number of hydrogen-bond acceptors (Lipinski definition) is 5. The van der Waals surface area contributed by atoms with E-state index in [9.17, 15) is 13.2 Å². The van der Waals surface area contributed by atoms with Gasteiger partial charge in [0.1, 0.15) is 5.82 Å². The van der Waals surface area contributed by atoms with E-state index in [0.717, 1.165) is 36.0 Å². The molecule has 7 nitrogen and oxygen atoms in total. The first-order valence-electron chi connectivity index (χ1n) is 10.8. The van der Waals surface area contributed by atoms with Crippen molar-refractivity contribution >= 4 is 21.7 Å². The molecule has 1 aliphatic heterocycles. The molecule has 0 atom stereocenters. The Morgan fingerprint density at radius 1 is 1.16 bits per heavy atom. The van der Waals surface area contributed by atoms with Crippen molar-refractivity contribution in [3.63, 3.8) is 0 Å². The summed E-state index contributed by atoms with van der Waals surface area (Å²) in [4.78, 5) is 19.2. The van der Waals surface area contributed by atoms with Crippen LogP contribution in [0.5, 0.6) is 0 Å². The van der Waals surface area contributed by atoms with Crippen LogP contribution in [0, 0.1) is 19.8 Å². The van der Waals surface area contributed by atoms with E-state index in [1.165, 1.54) is 12.8 Å². The SMILES string of the molecule is Cc1ccc(C)c(S(=O)(=O)NCCC(=O)NCc2ccc(N3CCC(C)CC3)nc2)c1. The number of carbonyl (C=O) groups excluding carboxylic acids is 1. The van der Waals surface area contributed by atoms with E-state index >= 15 is 0 Å². The molecule has 2 heterocycles. The zero-order valence-electron chi connectivity index (χ0n) is 18.5. The van der Waals surface area contributed by atoms with Crippen molar-refractivity contribution < 1.29 is 13.2 Å². The predicted molar refractivity (Wildman–Crippen MR) is 122 cm³/mol. The van der Waals surface area contributed by atoms with Crippen LogP contribution in [0.25, 0.3) is 0 Å². The van der Waals surface area contributed by atoms with Crippen molar-refractivity contribution in [2.24, 2.45) is 5.92 Å². The standard InChI is InChI=1S/C23H32N4O3S/c1-17-9-12-27(13-10-17)22-7-6-20(15-24-22)16-25-23(28)8-11-26-31(29,30)21-14-18(2)4-5-19(21)3/h4-7,14-15,17,26H,8-13,16H2,1-3H3,(H,25,28). The highest BCUT2D eigenvalue weighted by Crippen LogP contribution is 2.21. The Kier molecular flexibility index (Phi) is 7.67. The fourth-order valence-electron chi connectivity index (χ4n) is 3.61. The number of nitrogens with one attached hydrogen (secondary N) is 2. The lowest BCUT2D eigenvalue weighted by molar-refractivity contribution is -0.121. The van der Waals surface area contributed by atoms with Gasteiger partial charge in [-0.15, -0.1) is 0 Å². The summed E-state index contributed by atoms with van der Waals surface area (Å²) in [5.41, 5.74) is 2.47. The second-order valence-electron chi connectivity index (χ2n) is 8.39. The molecule has 168 valence electrons. The lowest BCUT2D eigenvalue weighted by Crippen LogP contribution is -2.33. The number of hydrogen-bond donors (Lipinski definition) is 2. The van der Waals surface area contributed by atoms with Gasteiger partial charge in [-0.25, -0.2) is 18.1 Å². The summed E-state index contributed by atoms with van der Waals surface area (Å²) in [7, 11) is -3.64. The number of nitrogens with zero attached hydrogens (tertiary/aromatic N) is 2. The van der Waals surface area contributed by atoms with E-state index in [-0.39, 0.29) is 23.8 Å². The van der Waals surface area contributed by atoms with Crippen LogP contribution in [-0.2, 0) is 21.4 Å². The van der Waals surface area contributed by atoms with Gasteiger partial charge in [0, 0.05) is 38.8 Å². The largest absolute Gasteiger partial charge is 0.357 e. The molecule has 31 heavy (non-hydrogen) atoms. The lowest BCUT2D eigenvalue weighted by Gasteiger charge is -2.31. The van der Waals surface area contributed by atoms with E-state index in [4.69, 9.17) is 0 Å². The van der Waals surface area contributed by atoms with Crippen molar-refractivity contribution in [2.75, 3.05) is 24.5 Å². The van der Waals surface area contributed by atoms with E-state index < -0.39 is 10.0 Å². The molecule has 1 amide bonds. The monoisotopic (exact) mass is 444 g/mol. The van der Waals surface area contributed by atoms with E-state index in [0.29, 0.717) is 12.1 Å². The summed E-state index contributed by atoms with van der Waals surface area (Å²) >= 11 is 0. The summed E-state index contributed by atoms with van der Waals surface area (Å²) in [6.45, 7) is 8.36. The van der Waals surface area contributed by atoms with E-state index in [1.54, 1.807) is 25.3 Å². The van der Waals surface area contributed by atoms with Crippen molar-refractivity contribution in [3.8, 4) is 0 Å². The number of sulfonamides is 1. The van der Waals surface area contributed by atoms with Gasteiger partial charge in [-0.3, -0.25) is 4.79 Å². The first-order valence-corrected chi connectivity index (χ1v) is 12.3. The third kappa shape index (κ3) is 6.51. The van der Waals surface area contributed by atoms with Crippen LogP contribution in [0.2, 0.25) is 0 Å². The molecular formula is C23H32N4O3S. The van der Waals surface area contributed by atoms with Crippen LogP contribution in [0.15, 0.2) is 41.4 Å². The number of pyridine rings is 1. The average molecular weight is 445 g/mol. The van der Waals surface area contributed by atoms with Crippen LogP contribution >= 0.6 is 0 Å². The summed E-state index contributed by atoms with van der Waals surface area (Å²) < 4.78 is 27.5. The maximum Gasteiger partial charge on any atom is 0.240 e. The Labute approximate surface area is 185 Å². The smallest absolute Gasteiger partial charge is 0.240 e. The first-order chi connectivity index (χ1) is 14.7. The van der Waals surface area contributed by atoms with Crippen molar-refractivity contribution in [2.45, 2.75) is 51.5 Å². The van der Waals surface area contributed by atoms with Crippen molar-refractivity contribution in [3.05, 3.63) is 53.2 Å². The van der Waals surface area contributed by atoms with Crippen molar-refractivity contribution in [1.82, 2.24) is 15.0 Å². The highest BCUT2D eigenvalue weighted by atomic mass is 32.2. The molecule has 1 aromatic heterocycles. The Morgan fingerprint density at radius 2 is 1.90 bits per heavy atom. The minimum Gasteiger partial charge on any atom is -0.357 e. The van der Waals surface area contributed by atoms with Crippen LogP contribution in [-0.4, -0.2) is 38.9 Å². The Morgan fingerprint density at radius 3 is 2.58 bits per heavy atom. The molecule has 1 saturated heterocycles. The summed E-state index contributed by atoms with van der Waals surface area (Å²) in [5, 5.41) is 2.82.